The van der Waals surface area contributed by atoms with Gasteiger partial charge in [-0.25, -0.2) is 0 Å². The van der Waals surface area contributed by atoms with Gasteiger partial charge < -0.3 is 5.73 Å². The van der Waals surface area contributed by atoms with Gasteiger partial charge >= 0.3 is 0 Å². The average Bonchev–Trinajstić information content (AvgIpc) is 2.92. The summed E-state index contributed by atoms with van der Waals surface area (Å²) in [6.07, 6.45) is 5.55. The Kier molecular flexibility index (Phi) is 1.43. The third-order valence-electron chi connectivity index (χ3n) is 3.34. The zero-order valence-corrected chi connectivity index (χ0v) is 7.66. The second-order valence-corrected chi connectivity index (χ2v) is 4.52. The standard InChI is InChI=1S/C10H15N3/c11-10-5-8(12-13-10)3-7-4-9(7)6-1-2-6/h5-7,9H,1-4H2,(H3,11,12,13). The Bertz CT molecular complexity index is 314. The van der Waals surface area contributed by atoms with Crippen LogP contribution in [0.5, 0.6) is 0 Å². The molecule has 70 valence electrons. The minimum atomic E-state index is 0.624. The van der Waals surface area contributed by atoms with Crippen LogP contribution in [0.15, 0.2) is 6.07 Å². The van der Waals surface area contributed by atoms with Crippen LogP contribution in [0.3, 0.4) is 0 Å². The van der Waals surface area contributed by atoms with Gasteiger partial charge in [-0.15, -0.1) is 0 Å². The summed E-state index contributed by atoms with van der Waals surface area (Å²) in [5, 5.41) is 6.92. The normalized spacial score (nSPS) is 32.0. The predicted octanol–water partition coefficient (Wildman–Crippen LogP) is 1.58. The van der Waals surface area contributed by atoms with Crippen LogP contribution in [0, 0.1) is 17.8 Å². The fourth-order valence-corrected chi connectivity index (χ4v) is 2.37. The van der Waals surface area contributed by atoms with Gasteiger partial charge in [0.15, 0.2) is 0 Å². The molecule has 0 spiro atoms. The molecule has 0 aliphatic heterocycles. The fourth-order valence-electron chi connectivity index (χ4n) is 2.37. The second-order valence-electron chi connectivity index (χ2n) is 4.52. The lowest BCUT2D eigenvalue weighted by Crippen LogP contribution is -1.91. The van der Waals surface area contributed by atoms with E-state index in [2.05, 4.69) is 10.2 Å². The second kappa shape index (κ2) is 2.50. The zero-order valence-electron chi connectivity index (χ0n) is 7.66. The van der Waals surface area contributed by atoms with Gasteiger partial charge in [-0.2, -0.15) is 5.10 Å². The summed E-state index contributed by atoms with van der Waals surface area (Å²) in [7, 11) is 0. The number of hydrogen-bond acceptors (Lipinski definition) is 2. The maximum Gasteiger partial charge on any atom is 0.145 e. The first kappa shape index (κ1) is 7.42. The van der Waals surface area contributed by atoms with E-state index in [1.54, 1.807) is 0 Å². The van der Waals surface area contributed by atoms with Crippen molar-refractivity contribution in [2.24, 2.45) is 17.8 Å². The Morgan fingerprint density at radius 3 is 3.00 bits per heavy atom. The molecule has 1 heterocycles. The van der Waals surface area contributed by atoms with E-state index in [0.717, 1.165) is 24.2 Å². The SMILES string of the molecule is Nc1cc(CC2CC2C2CC2)[nH]n1. The topological polar surface area (TPSA) is 54.7 Å². The molecule has 2 atom stereocenters. The summed E-state index contributed by atoms with van der Waals surface area (Å²) in [6.45, 7) is 0. The van der Waals surface area contributed by atoms with Crippen molar-refractivity contribution in [2.75, 3.05) is 5.73 Å². The van der Waals surface area contributed by atoms with Crippen LogP contribution in [-0.4, -0.2) is 10.2 Å². The molecular formula is C10H15N3. The van der Waals surface area contributed by atoms with Crippen molar-refractivity contribution in [3.8, 4) is 0 Å². The van der Waals surface area contributed by atoms with Crippen LogP contribution in [0.2, 0.25) is 0 Å². The predicted molar refractivity (Wildman–Crippen MR) is 51.0 cm³/mol. The number of nitrogens with two attached hydrogens (primary N) is 1. The monoisotopic (exact) mass is 177 g/mol. The van der Waals surface area contributed by atoms with Gasteiger partial charge in [0, 0.05) is 11.8 Å². The summed E-state index contributed by atoms with van der Waals surface area (Å²) < 4.78 is 0. The molecule has 2 saturated carbocycles. The van der Waals surface area contributed by atoms with Crippen LogP contribution in [0.4, 0.5) is 5.82 Å². The van der Waals surface area contributed by atoms with Gasteiger partial charge in [-0.05, 0) is 43.4 Å². The molecule has 3 rings (SSSR count). The molecule has 3 nitrogen and oxygen atoms in total. The molecule has 0 radical (unpaired) electrons. The van der Waals surface area contributed by atoms with Crippen LogP contribution >= 0.6 is 0 Å². The number of anilines is 1. The van der Waals surface area contributed by atoms with E-state index >= 15 is 0 Å². The van der Waals surface area contributed by atoms with Crippen LogP contribution in [-0.2, 0) is 6.42 Å². The lowest BCUT2D eigenvalue weighted by Gasteiger charge is -1.94. The van der Waals surface area contributed by atoms with Crippen molar-refractivity contribution in [2.45, 2.75) is 25.7 Å². The number of nitrogens with zero attached hydrogens (tertiary/aromatic N) is 1. The molecule has 1 aromatic rings. The van der Waals surface area contributed by atoms with Gasteiger partial charge in [-0.1, -0.05) is 0 Å². The van der Waals surface area contributed by atoms with Crippen molar-refractivity contribution < 1.29 is 0 Å². The quantitative estimate of drug-likeness (QED) is 0.736. The number of aromatic nitrogens is 2. The summed E-state index contributed by atoms with van der Waals surface area (Å²) >= 11 is 0. The Morgan fingerprint density at radius 1 is 1.54 bits per heavy atom. The molecule has 2 fully saturated rings. The summed E-state index contributed by atoms with van der Waals surface area (Å²) in [6, 6.07) is 1.96. The average molecular weight is 177 g/mol. The first-order valence-corrected chi connectivity index (χ1v) is 5.12. The number of hydrogen-bond donors (Lipinski definition) is 2. The zero-order chi connectivity index (χ0) is 8.84. The first-order valence-electron chi connectivity index (χ1n) is 5.12. The summed E-state index contributed by atoms with van der Waals surface area (Å²) in [5.41, 5.74) is 6.75. The maximum atomic E-state index is 5.54. The van der Waals surface area contributed by atoms with Gasteiger partial charge in [0.2, 0.25) is 0 Å². The Balaban J connectivity index is 1.58. The summed E-state index contributed by atoms with van der Waals surface area (Å²) in [5.74, 6) is 3.65. The third kappa shape index (κ3) is 1.43. The summed E-state index contributed by atoms with van der Waals surface area (Å²) in [4.78, 5) is 0. The van der Waals surface area contributed by atoms with E-state index < -0.39 is 0 Å². The van der Waals surface area contributed by atoms with Gasteiger partial charge in [0.05, 0.1) is 0 Å². The van der Waals surface area contributed by atoms with Gasteiger partial charge in [0.25, 0.3) is 0 Å². The number of aromatic amines is 1. The van der Waals surface area contributed by atoms with Crippen molar-refractivity contribution in [1.29, 1.82) is 0 Å². The molecule has 0 aromatic carbocycles. The molecule has 2 aliphatic carbocycles. The Hall–Kier alpha value is -0.990. The molecule has 0 amide bonds. The molecular weight excluding hydrogens is 162 g/mol. The highest BCUT2D eigenvalue weighted by molar-refractivity contribution is 5.29. The molecule has 13 heavy (non-hydrogen) atoms. The van der Waals surface area contributed by atoms with Crippen LogP contribution < -0.4 is 5.73 Å². The van der Waals surface area contributed by atoms with Gasteiger partial charge in [-0.3, -0.25) is 5.10 Å². The van der Waals surface area contributed by atoms with Crippen molar-refractivity contribution >= 4 is 5.82 Å². The maximum absolute atomic E-state index is 5.54. The molecule has 3 heteroatoms. The minimum Gasteiger partial charge on any atom is -0.382 e. The molecule has 2 aliphatic rings. The van der Waals surface area contributed by atoms with E-state index in [9.17, 15) is 0 Å². The van der Waals surface area contributed by atoms with E-state index in [0.29, 0.717) is 5.82 Å². The molecule has 2 unspecified atom stereocenters. The van der Waals surface area contributed by atoms with Crippen molar-refractivity contribution in [1.82, 2.24) is 10.2 Å². The molecule has 3 N–H and O–H groups in total. The lowest BCUT2D eigenvalue weighted by atomic mass is 10.1. The Labute approximate surface area is 77.7 Å². The number of H-pyrrole nitrogens is 1. The minimum absolute atomic E-state index is 0.624. The van der Waals surface area contributed by atoms with E-state index in [1.807, 2.05) is 6.07 Å². The van der Waals surface area contributed by atoms with Crippen molar-refractivity contribution in [3.63, 3.8) is 0 Å². The smallest absolute Gasteiger partial charge is 0.145 e. The van der Waals surface area contributed by atoms with Crippen LogP contribution in [0.25, 0.3) is 0 Å². The molecule has 0 bridgehead atoms. The highest BCUT2D eigenvalue weighted by atomic mass is 15.2. The number of rotatable bonds is 3. The van der Waals surface area contributed by atoms with Crippen molar-refractivity contribution in [3.05, 3.63) is 11.8 Å². The highest BCUT2D eigenvalue weighted by Crippen LogP contribution is 2.55. The van der Waals surface area contributed by atoms with Crippen LogP contribution in [0.1, 0.15) is 25.0 Å². The largest absolute Gasteiger partial charge is 0.382 e. The van der Waals surface area contributed by atoms with E-state index in [4.69, 9.17) is 5.73 Å². The van der Waals surface area contributed by atoms with E-state index in [-0.39, 0.29) is 0 Å². The first-order chi connectivity index (χ1) is 6.33. The third-order valence-corrected chi connectivity index (χ3v) is 3.34. The molecule has 1 aromatic heterocycles. The number of nitrogens with one attached hydrogen (secondary N) is 1. The fraction of sp³-hybridized carbons (Fsp3) is 0.700. The lowest BCUT2D eigenvalue weighted by molar-refractivity contribution is 0.620. The number of nitrogen functional groups attached to an aromatic ring is 1. The van der Waals surface area contributed by atoms with Gasteiger partial charge in [0.1, 0.15) is 5.82 Å². The molecule has 0 saturated heterocycles. The van der Waals surface area contributed by atoms with E-state index in [1.165, 1.54) is 25.0 Å². The Morgan fingerprint density at radius 2 is 2.38 bits per heavy atom. The highest BCUT2D eigenvalue weighted by Gasteiger charge is 2.47.